The van der Waals surface area contributed by atoms with E-state index in [9.17, 15) is 22.8 Å². The summed E-state index contributed by atoms with van der Waals surface area (Å²) >= 11 is 0. The third kappa shape index (κ3) is 5.56. The fourth-order valence-corrected chi connectivity index (χ4v) is 4.37. The second kappa shape index (κ2) is 10.4. The van der Waals surface area contributed by atoms with Crippen LogP contribution in [-0.4, -0.2) is 64.4 Å². The highest BCUT2D eigenvalue weighted by Crippen LogP contribution is 2.27. The maximum Gasteiger partial charge on any atom is 0.573 e. The Hall–Kier alpha value is -4.54. The van der Waals surface area contributed by atoms with Crippen molar-refractivity contribution in [3.63, 3.8) is 0 Å². The van der Waals surface area contributed by atoms with Crippen LogP contribution >= 0.6 is 0 Å². The molecular formula is C27H24F3N5O3. The number of carbonyl (C=O) groups excluding carboxylic acids is 2. The molecule has 0 aliphatic carbocycles. The van der Waals surface area contributed by atoms with Crippen LogP contribution < -0.4 is 10.1 Å². The van der Waals surface area contributed by atoms with Gasteiger partial charge in [-0.15, -0.1) is 13.2 Å². The molecule has 1 saturated heterocycles. The van der Waals surface area contributed by atoms with Gasteiger partial charge in [-0.05, 0) is 42.0 Å². The average molecular weight is 524 g/mol. The number of aromatic nitrogens is 2. The van der Waals surface area contributed by atoms with Crippen LogP contribution in [0, 0.1) is 0 Å². The minimum absolute atomic E-state index is 0.170. The predicted octanol–water partition coefficient (Wildman–Crippen LogP) is 4.67. The van der Waals surface area contributed by atoms with Gasteiger partial charge in [0.1, 0.15) is 5.75 Å². The first-order valence-electron chi connectivity index (χ1n) is 12.0. The van der Waals surface area contributed by atoms with E-state index in [-0.39, 0.29) is 37.6 Å². The zero-order valence-corrected chi connectivity index (χ0v) is 20.2. The number of anilines is 1. The number of ether oxygens (including phenoxy) is 1. The van der Waals surface area contributed by atoms with E-state index < -0.39 is 18.0 Å². The smallest absolute Gasteiger partial charge is 0.405 e. The number of rotatable bonds is 6. The van der Waals surface area contributed by atoms with Crippen molar-refractivity contribution < 1.29 is 27.5 Å². The fourth-order valence-electron chi connectivity index (χ4n) is 4.37. The molecule has 38 heavy (non-hydrogen) atoms. The molecule has 8 nitrogen and oxygen atoms in total. The third-order valence-electron chi connectivity index (χ3n) is 6.33. The van der Waals surface area contributed by atoms with Crippen molar-refractivity contribution in [2.45, 2.75) is 12.9 Å². The molecule has 11 heteroatoms. The number of nitrogens with zero attached hydrogens (tertiary/aromatic N) is 3. The van der Waals surface area contributed by atoms with Crippen LogP contribution in [0.5, 0.6) is 5.75 Å². The van der Waals surface area contributed by atoms with Crippen LogP contribution in [-0.2, 0) is 6.54 Å². The lowest BCUT2D eigenvalue weighted by Gasteiger charge is -2.35. The molecule has 5 rings (SSSR count). The number of alkyl halides is 3. The Kier molecular flexibility index (Phi) is 6.91. The van der Waals surface area contributed by atoms with Crippen molar-refractivity contribution in [2.75, 3.05) is 31.5 Å². The van der Waals surface area contributed by atoms with Gasteiger partial charge in [0, 0.05) is 43.7 Å². The second-order valence-electron chi connectivity index (χ2n) is 8.80. The lowest BCUT2D eigenvalue weighted by Crippen LogP contribution is -2.50. The van der Waals surface area contributed by atoms with Crippen molar-refractivity contribution in [1.82, 2.24) is 20.0 Å². The summed E-state index contributed by atoms with van der Waals surface area (Å²) < 4.78 is 42.2. The molecule has 1 aliphatic rings. The molecule has 4 aromatic rings. The number of nitrogens with one attached hydrogen (secondary N) is 2. The van der Waals surface area contributed by atoms with Crippen LogP contribution in [0.1, 0.15) is 26.3 Å². The second-order valence-corrected chi connectivity index (χ2v) is 8.80. The van der Waals surface area contributed by atoms with Gasteiger partial charge in [0.15, 0.2) is 5.82 Å². The number of fused-ring (bicyclic) bond motifs is 1. The van der Waals surface area contributed by atoms with Gasteiger partial charge in [0.05, 0.1) is 11.1 Å². The molecule has 2 amide bonds. The van der Waals surface area contributed by atoms with Crippen LogP contribution in [0.25, 0.3) is 10.9 Å². The highest BCUT2D eigenvalue weighted by atomic mass is 19.4. The van der Waals surface area contributed by atoms with Gasteiger partial charge in [0.2, 0.25) is 0 Å². The lowest BCUT2D eigenvalue weighted by molar-refractivity contribution is -0.274. The van der Waals surface area contributed by atoms with Crippen LogP contribution in [0.3, 0.4) is 0 Å². The number of piperazine rings is 1. The Bertz CT molecular complexity index is 1440. The molecule has 0 spiro atoms. The number of H-pyrrole nitrogens is 1. The molecule has 1 fully saturated rings. The lowest BCUT2D eigenvalue weighted by atomic mass is 10.1. The number of amides is 2. The van der Waals surface area contributed by atoms with Crippen LogP contribution in [0.2, 0.25) is 0 Å². The number of aromatic amines is 1. The maximum absolute atomic E-state index is 13.0. The third-order valence-corrected chi connectivity index (χ3v) is 6.33. The van der Waals surface area contributed by atoms with Crippen molar-refractivity contribution in [3.8, 4) is 5.75 Å². The van der Waals surface area contributed by atoms with Gasteiger partial charge >= 0.3 is 6.36 Å². The SMILES string of the molecule is O=C(c1ccc(CNc2n[nH]c3ccccc23)cc1)N1CCN(C(=O)c2ccccc2OC(F)(F)F)CC1. The van der Waals surface area contributed by atoms with E-state index in [0.717, 1.165) is 28.4 Å². The summed E-state index contributed by atoms with van der Waals surface area (Å²) in [5.41, 5.74) is 2.26. The largest absolute Gasteiger partial charge is 0.573 e. The highest BCUT2D eigenvalue weighted by Gasteiger charge is 2.34. The molecule has 0 bridgehead atoms. The number of para-hydroxylation sites is 2. The maximum atomic E-state index is 13.0. The summed E-state index contributed by atoms with van der Waals surface area (Å²) in [7, 11) is 0. The summed E-state index contributed by atoms with van der Waals surface area (Å²) in [6.45, 7) is 1.46. The van der Waals surface area contributed by atoms with Gasteiger partial charge < -0.3 is 19.9 Å². The van der Waals surface area contributed by atoms with Crippen molar-refractivity contribution in [2.24, 2.45) is 0 Å². The fraction of sp³-hybridized carbons (Fsp3) is 0.222. The molecule has 0 atom stereocenters. The van der Waals surface area contributed by atoms with Crippen molar-refractivity contribution >= 4 is 28.5 Å². The Morgan fingerprint density at radius 3 is 2.21 bits per heavy atom. The number of hydrogen-bond donors (Lipinski definition) is 2. The molecule has 0 saturated carbocycles. The van der Waals surface area contributed by atoms with Gasteiger partial charge in [-0.1, -0.05) is 36.4 Å². The Labute approximate surface area is 216 Å². The van der Waals surface area contributed by atoms with Gasteiger partial charge in [-0.2, -0.15) is 5.10 Å². The number of benzene rings is 3. The Morgan fingerprint density at radius 1 is 0.868 bits per heavy atom. The Morgan fingerprint density at radius 2 is 1.50 bits per heavy atom. The number of halogens is 3. The monoisotopic (exact) mass is 523 g/mol. The number of hydrogen-bond acceptors (Lipinski definition) is 5. The predicted molar refractivity (Wildman–Crippen MR) is 135 cm³/mol. The summed E-state index contributed by atoms with van der Waals surface area (Å²) in [5.74, 6) is -0.534. The topological polar surface area (TPSA) is 90.6 Å². The summed E-state index contributed by atoms with van der Waals surface area (Å²) in [6, 6.07) is 20.3. The van der Waals surface area contributed by atoms with E-state index in [4.69, 9.17) is 0 Å². The molecular weight excluding hydrogens is 499 g/mol. The van der Waals surface area contributed by atoms with E-state index in [0.29, 0.717) is 12.1 Å². The summed E-state index contributed by atoms with van der Waals surface area (Å²) in [4.78, 5) is 28.9. The van der Waals surface area contributed by atoms with E-state index in [1.165, 1.54) is 23.1 Å². The first kappa shape index (κ1) is 25.1. The van der Waals surface area contributed by atoms with E-state index in [2.05, 4.69) is 20.3 Å². The molecule has 196 valence electrons. The van der Waals surface area contributed by atoms with Crippen LogP contribution in [0.15, 0.2) is 72.8 Å². The molecule has 2 heterocycles. The molecule has 2 N–H and O–H groups in total. The van der Waals surface area contributed by atoms with Gasteiger partial charge in [0.25, 0.3) is 11.8 Å². The molecule has 0 radical (unpaired) electrons. The molecule has 0 unspecified atom stereocenters. The highest BCUT2D eigenvalue weighted by molar-refractivity contribution is 5.98. The van der Waals surface area contributed by atoms with Gasteiger partial charge in [-0.3, -0.25) is 14.7 Å². The normalized spacial score (nSPS) is 14.0. The summed E-state index contributed by atoms with van der Waals surface area (Å²) in [6.07, 6.45) is -4.90. The van der Waals surface area contributed by atoms with Crippen molar-refractivity contribution in [3.05, 3.63) is 89.5 Å². The first-order chi connectivity index (χ1) is 18.3. The van der Waals surface area contributed by atoms with Gasteiger partial charge in [-0.25, -0.2) is 0 Å². The van der Waals surface area contributed by atoms with E-state index in [1.54, 1.807) is 17.0 Å². The minimum Gasteiger partial charge on any atom is -0.405 e. The standard InChI is InChI=1S/C27H24F3N5O3/c28-27(29,30)38-23-8-4-2-6-21(23)26(37)35-15-13-34(14-16-35)25(36)19-11-9-18(10-12-19)17-31-24-20-5-1-3-7-22(20)32-33-24/h1-12H,13-17H2,(H2,31,32,33). The first-order valence-corrected chi connectivity index (χ1v) is 12.0. The zero-order chi connectivity index (χ0) is 26.7. The summed E-state index contributed by atoms with van der Waals surface area (Å²) in [5, 5.41) is 11.6. The van der Waals surface area contributed by atoms with E-state index >= 15 is 0 Å². The van der Waals surface area contributed by atoms with E-state index in [1.807, 2.05) is 36.4 Å². The number of carbonyl (C=O) groups is 2. The Balaban J connectivity index is 1.16. The average Bonchev–Trinajstić information content (AvgIpc) is 3.34. The molecule has 1 aliphatic heterocycles. The molecule has 1 aromatic heterocycles. The minimum atomic E-state index is -4.90. The zero-order valence-electron chi connectivity index (χ0n) is 20.2. The molecule has 3 aromatic carbocycles. The van der Waals surface area contributed by atoms with Crippen LogP contribution in [0.4, 0.5) is 19.0 Å². The quantitative estimate of drug-likeness (QED) is 0.383. The van der Waals surface area contributed by atoms with Crippen molar-refractivity contribution in [1.29, 1.82) is 0 Å².